The molecule has 0 bridgehead atoms. The van der Waals surface area contributed by atoms with Crippen LogP contribution in [0.5, 0.6) is 5.75 Å². The normalized spacial score (nSPS) is 11.2. The fraction of sp³-hybridized carbons (Fsp3) is 0.200. The van der Waals surface area contributed by atoms with Crippen molar-refractivity contribution in [2.75, 3.05) is 23.5 Å². The Balaban J connectivity index is 1.68. The molecule has 35 heavy (non-hydrogen) atoms. The van der Waals surface area contributed by atoms with Gasteiger partial charge in [-0.1, -0.05) is 32.9 Å². The fourth-order valence-corrected chi connectivity index (χ4v) is 4.42. The smallest absolute Gasteiger partial charge is 0.323 e. The molecule has 0 spiro atoms. The first kappa shape index (κ1) is 24.1. The number of halogens is 1. The number of benzene rings is 2. The van der Waals surface area contributed by atoms with Crippen molar-refractivity contribution in [3.8, 4) is 27.6 Å². The molecule has 4 rings (SSSR count). The lowest BCUT2D eigenvalue weighted by atomic mass is 9.98. The molecule has 4 N–H and O–H groups in total. The summed E-state index contributed by atoms with van der Waals surface area (Å²) in [7, 11) is 1.56. The third-order valence-electron chi connectivity index (χ3n) is 5.03. The van der Waals surface area contributed by atoms with E-state index in [1.807, 2.05) is 20.8 Å². The fourth-order valence-electron chi connectivity index (χ4n) is 3.27. The zero-order chi connectivity index (χ0) is 25.2. The monoisotopic (exact) mass is 492 g/mol. The SMILES string of the molecule is COc1ccc(NC(=O)Nc2cccc(-c3sc(C(C)(C)C)nc3-c3ccnc(N)n3)c2F)cc1. The van der Waals surface area contributed by atoms with Gasteiger partial charge in [0.05, 0.1) is 28.4 Å². The van der Waals surface area contributed by atoms with E-state index in [0.717, 1.165) is 5.01 Å². The average Bonchev–Trinajstić information content (AvgIpc) is 3.27. The summed E-state index contributed by atoms with van der Waals surface area (Å²) in [5, 5.41) is 6.08. The Labute approximate surface area is 206 Å². The number of carbonyl (C=O) groups is 1. The van der Waals surface area contributed by atoms with Gasteiger partial charge in [0.1, 0.15) is 11.4 Å². The number of anilines is 3. The van der Waals surface area contributed by atoms with Gasteiger partial charge in [-0.3, -0.25) is 0 Å². The average molecular weight is 493 g/mol. The van der Waals surface area contributed by atoms with Crippen LogP contribution in [-0.2, 0) is 5.41 Å². The van der Waals surface area contributed by atoms with Crippen molar-refractivity contribution < 1.29 is 13.9 Å². The highest BCUT2D eigenvalue weighted by Crippen LogP contribution is 2.42. The predicted octanol–water partition coefficient (Wildman–Crippen LogP) is 5.94. The molecule has 0 unspecified atom stereocenters. The molecule has 0 atom stereocenters. The minimum Gasteiger partial charge on any atom is -0.497 e. The van der Waals surface area contributed by atoms with Gasteiger partial charge in [0.15, 0.2) is 5.82 Å². The standard InChI is InChI=1S/C25H25FN6O2S/c1-25(2,3)22-32-20(18-12-13-28-23(27)30-18)21(35-22)16-6-5-7-17(19(16)26)31-24(33)29-14-8-10-15(34-4)11-9-14/h5-13H,1-4H3,(H2,27,28,30)(H2,29,31,33). The summed E-state index contributed by atoms with van der Waals surface area (Å²) in [6.45, 7) is 6.10. The summed E-state index contributed by atoms with van der Waals surface area (Å²) in [5.74, 6) is 0.185. The molecule has 2 aromatic carbocycles. The van der Waals surface area contributed by atoms with E-state index in [4.69, 9.17) is 15.5 Å². The topological polar surface area (TPSA) is 115 Å². The van der Waals surface area contributed by atoms with Crippen LogP contribution >= 0.6 is 11.3 Å². The molecule has 4 aromatic rings. The third kappa shape index (κ3) is 5.38. The molecule has 0 aliphatic carbocycles. The Morgan fingerprint density at radius 2 is 1.80 bits per heavy atom. The summed E-state index contributed by atoms with van der Waals surface area (Å²) in [6.07, 6.45) is 1.54. The molecule has 180 valence electrons. The molecule has 10 heteroatoms. The number of rotatable bonds is 5. The zero-order valence-corrected chi connectivity index (χ0v) is 20.5. The van der Waals surface area contributed by atoms with Gasteiger partial charge in [-0.25, -0.2) is 24.1 Å². The largest absolute Gasteiger partial charge is 0.497 e. The predicted molar refractivity (Wildman–Crippen MR) is 137 cm³/mol. The molecule has 0 radical (unpaired) electrons. The maximum atomic E-state index is 15.7. The summed E-state index contributed by atoms with van der Waals surface area (Å²) < 4.78 is 20.8. The molecule has 0 aliphatic heterocycles. The van der Waals surface area contributed by atoms with Crippen molar-refractivity contribution in [3.63, 3.8) is 0 Å². The van der Waals surface area contributed by atoms with E-state index in [1.54, 1.807) is 49.6 Å². The van der Waals surface area contributed by atoms with E-state index < -0.39 is 11.8 Å². The van der Waals surface area contributed by atoms with Gasteiger partial charge in [0, 0.05) is 22.9 Å². The molecule has 0 saturated heterocycles. The van der Waals surface area contributed by atoms with Crippen molar-refractivity contribution in [1.29, 1.82) is 0 Å². The highest BCUT2D eigenvalue weighted by molar-refractivity contribution is 7.15. The maximum absolute atomic E-state index is 15.7. The van der Waals surface area contributed by atoms with Gasteiger partial charge in [-0.05, 0) is 36.4 Å². The van der Waals surface area contributed by atoms with Crippen LogP contribution < -0.4 is 21.1 Å². The first-order valence-corrected chi connectivity index (χ1v) is 11.6. The van der Waals surface area contributed by atoms with Crippen molar-refractivity contribution in [1.82, 2.24) is 15.0 Å². The van der Waals surface area contributed by atoms with E-state index in [1.165, 1.54) is 23.6 Å². The van der Waals surface area contributed by atoms with Crippen LogP contribution in [0, 0.1) is 5.82 Å². The second-order valence-electron chi connectivity index (χ2n) is 8.72. The molecule has 2 amide bonds. The minimum absolute atomic E-state index is 0.0346. The molecule has 2 aromatic heterocycles. The van der Waals surface area contributed by atoms with E-state index >= 15 is 4.39 Å². The van der Waals surface area contributed by atoms with E-state index in [-0.39, 0.29) is 17.1 Å². The summed E-state index contributed by atoms with van der Waals surface area (Å²) in [5.41, 5.74) is 7.40. The second kappa shape index (κ2) is 9.67. The number of hydrogen-bond donors (Lipinski definition) is 3. The van der Waals surface area contributed by atoms with Crippen molar-refractivity contribution >= 4 is 34.7 Å². The Hall–Kier alpha value is -4.05. The molecule has 8 nitrogen and oxygen atoms in total. The van der Waals surface area contributed by atoms with E-state index in [0.29, 0.717) is 33.3 Å². The van der Waals surface area contributed by atoms with Gasteiger partial charge in [0.25, 0.3) is 0 Å². The maximum Gasteiger partial charge on any atom is 0.323 e. The number of carbonyl (C=O) groups excluding carboxylic acids is 1. The summed E-state index contributed by atoms with van der Waals surface area (Å²) >= 11 is 1.38. The number of methoxy groups -OCH3 is 1. The van der Waals surface area contributed by atoms with Crippen molar-refractivity contribution in [2.45, 2.75) is 26.2 Å². The van der Waals surface area contributed by atoms with Gasteiger partial charge in [-0.15, -0.1) is 11.3 Å². The molecule has 2 heterocycles. The van der Waals surface area contributed by atoms with Gasteiger partial charge < -0.3 is 21.1 Å². The zero-order valence-electron chi connectivity index (χ0n) is 19.7. The number of aromatic nitrogens is 3. The van der Waals surface area contributed by atoms with Crippen LogP contribution in [0.1, 0.15) is 25.8 Å². The number of nitrogen functional groups attached to an aromatic ring is 1. The number of amides is 2. The lowest BCUT2D eigenvalue weighted by molar-refractivity contribution is 0.262. The Morgan fingerprint density at radius 1 is 1.06 bits per heavy atom. The second-order valence-corrected chi connectivity index (χ2v) is 9.72. The Bertz CT molecular complexity index is 1370. The lowest BCUT2D eigenvalue weighted by Crippen LogP contribution is -2.20. The quantitative estimate of drug-likeness (QED) is 0.318. The van der Waals surface area contributed by atoms with Gasteiger partial charge in [0.2, 0.25) is 5.95 Å². The number of ether oxygens (including phenoxy) is 1. The minimum atomic E-state index is -0.579. The number of nitrogens with zero attached hydrogens (tertiary/aromatic N) is 3. The van der Waals surface area contributed by atoms with Gasteiger partial charge in [-0.2, -0.15) is 0 Å². The van der Waals surface area contributed by atoms with Crippen molar-refractivity contribution in [2.24, 2.45) is 0 Å². The van der Waals surface area contributed by atoms with Crippen LogP contribution in [-0.4, -0.2) is 28.1 Å². The molecular weight excluding hydrogens is 467 g/mol. The van der Waals surface area contributed by atoms with Crippen LogP contribution in [0.3, 0.4) is 0 Å². The summed E-state index contributed by atoms with van der Waals surface area (Å²) in [4.78, 5) is 26.1. The molecule has 0 aliphatic rings. The highest BCUT2D eigenvalue weighted by atomic mass is 32.1. The highest BCUT2D eigenvalue weighted by Gasteiger charge is 2.26. The first-order valence-electron chi connectivity index (χ1n) is 10.8. The number of hydrogen-bond acceptors (Lipinski definition) is 7. The number of thiazole rings is 1. The van der Waals surface area contributed by atoms with E-state index in [2.05, 4.69) is 20.6 Å². The molecule has 0 saturated carbocycles. The third-order valence-corrected chi connectivity index (χ3v) is 6.54. The Morgan fingerprint density at radius 3 is 2.46 bits per heavy atom. The number of nitrogens with one attached hydrogen (secondary N) is 2. The van der Waals surface area contributed by atoms with Crippen LogP contribution in [0.25, 0.3) is 21.8 Å². The molecule has 0 fully saturated rings. The van der Waals surface area contributed by atoms with E-state index in [9.17, 15) is 4.79 Å². The Kier molecular flexibility index (Phi) is 6.65. The first-order chi connectivity index (χ1) is 16.7. The van der Waals surface area contributed by atoms with Crippen LogP contribution in [0.2, 0.25) is 0 Å². The molecular formula is C25H25FN6O2S. The lowest BCUT2D eigenvalue weighted by Gasteiger charge is -2.13. The van der Waals surface area contributed by atoms with Gasteiger partial charge >= 0.3 is 6.03 Å². The van der Waals surface area contributed by atoms with Crippen LogP contribution in [0.15, 0.2) is 54.7 Å². The van der Waals surface area contributed by atoms with Crippen LogP contribution in [0.4, 0.5) is 26.5 Å². The number of urea groups is 1. The summed E-state index contributed by atoms with van der Waals surface area (Å²) in [6, 6.07) is 12.8. The number of nitrogens with two attached hydrogens (primary N) is 1. The van der Waals surface area contributed by atoms with Crippen molar-refractivity contribution in [3.05, 3.63) is 65.6 Å².